The largest absolute Gasteiger partial charge is 0.369 e. The number of amides is 2. The topological polar surface area (TPSA) is 66.6 Å². The summed E-state index contributed by atoms with van der Waals surface area (Å²) in [6.45, 7) is 4.04. The molecule has 0 radical (unpaired) electrons. The molecular weight excluding hydrogens is 494 g/mol. The number of benzene rings is 4. The Balaban J connectivity index is 1.22. The second-order valence-corrected chi connectivity index (χ2v) is 11.6. The third-order valence-corrected chi connectivity index (χ3v) is 9.44. The van der Waals surface area contributed by atoms with Crippen molar-refractivity contribution < 1.29 is 9.59 Å². The first-order valence-electron chi connectivity index (χ1n) is 14.4. The maximum Gasteiger partial charge on any atom is 0.253 e. The van der Waals surface area contributed by atoms with Crippen molar-refractivity contribution in [2.45, 2.75) is 36.5 Å². The monoisotopic (exact) mass is 531 g/mol. The number of hydrogen-bond acceptors (Lipinski definition) is 3. The number of nitrogens with zero attached hydrogens (tertiary/aromatic N) is 2. The van der Waals surface area contributed by atoms with E-state index >= 15 is 0 Å². The van der Waals surface area contributed by atoms with Gasteiger partial charge in [0, 0.05) is 24.1 Å². The standard InChI is InChI=1S/C35H37N3O2/c36-33(40)35(30-13-5-2-6-14-30)19-22-37(23-20-35)21-17-34(31-16-15-27-9-7-8-12-29(27)25-31)18-24-38(26-34)32(39)28-10-3-1-4-11-28/h1-16,25H,17-24,26H2,(H2,36,40). The van der Waals surface area contributed by atoms with E-state index in [9.17, 15) is 9.59 Å². The average molecular weight is 532 g/mol. The number of likely N-dealkylation sites (tertiary alicyclic amines) is 2. The van der Waals surface area contributed by atoms with Gasteiger partial charge in [0.15, 0.2) is 0 Å². The first kappa shape index (κ1) is 26.3. The molecule has 4 aromatic rings. The molecule has 5 heteroatoms. The molecule has 204 valence electrons. The highest BCUT2D eigenvalue weighted by Crippen LogP contribution is 2.41. The molecule has 0 aliphatic carbocycles. The summed E-state index contributed by atoms with van der Waals surface area (Å²) in [6.07, 6.45) is 3.35. The summed E-state index contributed by atoms with van der Waals surface area (Å²) in [6, 6.07) is 34.9. The van der Waals surface area contributed by atoms with E-state index in [1.807, 2.05) is 65.6 Å². The maximum absolute atomic E-state index is 13.4. The highest BCUT2D eigenvalue weighted by molar-refractivity contribution is 5.94. The van der Waals surface area contributed by atoms with Crippen molar-refractivity contribution in [3.8, 4) is 0 Å². The van der Waals surface area contributed by atoms with Crippen LogP contribution in [0.25, 0.3) is 10.8 Å². The molecule has 2 N–H and O–H groups in total. The van der Waals surface area contributed by atoms with E-state index in [0.717, 1.165) is 63.0 Å². The van der Waals surface area contributed by atoms with Gasteiger partial charge in [0.2, 0.25) is 5.91 Å². The molecule has 1 unspecified atom stereocenters. The van der Waals surface area contributed by atoms with Crippen molar-refractivity contribution in [2.24, 2.45) is 5.73 Å². The molecule has 0 bridgehead atoms. The Morgan fingerprint density at radius 2 is 1.35 bits per heavy atom. The molecule has 5 nitrogen and oxygen atoms in total. The van der Waals surface area contributed by atoms with Gasteiger partial charge in [-0.2, -0.15) is 0 Å². The Labute approximate surface area is 236 Å². The minimum atomic E-state index is -0.597. The fourth-order valence-electron chi connectivity index (χ4n) is 6.88. The summed E-state index contributed by atoms with van der Waals surface area (Å²) >= 11 is 0. The summed E-state index contributed by atoms with van der Waals surface area (Å²) in [5.74, 6) is -0.118. The van der Waals surface area contributed by atoms with Crippen molar-refractivity contribution >= 4 is 22.6 Å². The molecule has 2 amide bonds. The normalized spacial score (nSPS) is 20.9. The third kappa shape index (κ3) is 4.90. The van der Waals surface area contributed by atoms with Gasteiger partial charge in [-0.25, -0.2) is 0 Å². The molecule has 2 aliphatic rings. The predicted molar refractivity (Wildman–Crippen MR) is 160 cm³/mol. The van der Waals surface area contributed by atoms with Crippen LogP contribution in [-0.4, -0.2) is 54.3 Å². The zero-order chi connectivity index (χ0) is 27.6. The number of hydrogen-bond donors (Lipinski definition) is 1. The van der Waals surface area contributed by atoms with Gasteiger partial charge in [-0.3, -0.25) is 9.59 Å². The number of primary amides is 1. The van der Waals surface area contributed by atoms with E-state index in [4.69, 9.17) is 5.73 Å². The minimum Gasteiger partial charge on any atom is -0.369 e. The highest BCUT2D eigenvalue weighted by Gasteiger charge is 2.44. The second kappa shape index (κ2) is 10.9. The number of carbonyl (C=O) groups is 2. The van der Waals surface area contributed by atoms with Crippen LogP contribution in [0.1, 0.15) is 47.2 Å². The maximum atomic E-state index is 13.4. The smallest absolute Gasteiger partial charge is 0.253 e. The highest BCUT2D eigenvalue weighted by atomic mass is 16.2. The summed E-state index contributed by atoms with van der Waals surface area (Å²) in [7, 11) is 0. The van der Waals surface area contributed by atoms with E-state index in [1.54, 1.807) is 0 Å². The molecular formula is C35H37N3O2. The van der Waals surface area contributed by atoms with Crippen molar-refractivity contribution in [1.82, 2.24) is 9.80 Å². The first-order valence-corrected chi connectivity index (χ1v) is 14.4. The van der Waals surface area contributed by atoms with Gasteiger partial charge in [-0.1, -0.05) is 91.0 Å². The van der Waals surface area contributed by atoms with E-state index in [0.29, 0.717) is 6.54 Å². The average Bonchev–Trinajstić information content (AvgIpc) is 3.46. The van der Waals surface area contributed by atoms with Crippen molar-refractivity contribution in [3.63, 3.8) is 0 Å². The number of carbonyl (C=O) groups excluding carboxylic acids is 2. The van der Waals surface area contributed by atoms with Crippen LogP contribution < -0.4 is 5.73 Å². The molecule has 2 fully saturated rings. The lowest BCUT2D eigenvalue weighted by molar-refractivity contribution is -0.125. The SMILES string of the molecule is NC(=O)C1(c2ccccc2)CCN(CCC2(c3ccc4ccccc4c3)CCN(C(=O)c3ccccc3)C2)CC1. The Kier molecular flexibility index (Phi) is 7.16. The van der Waals surface area contributed by atoms with E-state index in [-0.39, 0.29) is 17.2 Å². The molecule has 2 aliphatic heterocycles. The first-order chi connectivity index (χ1) is 19.5. The van der Waals surface area contributed by atoms with E-state index < -0.39 is 5.41 Å². The molecule has 4 aromatic carbocycles. The lowest BCUT2D eigenvalue weighted by atomic mass is 9.71. The van der Waals surface area contributed by atoms with Gasteiger partial charge < -0.3 is 15.5 Å². The second-order valence-electron chi connectivity index (χ2n) is 11.6. The molecule has 0 aromatic heterocycles. The van der Waals surface area contributed by atoms with Crippen LogP contribution in [0.4, 0.5) is 0 Å². The Morgan fingerprint density at radius 3 is 2.05 bits per heavy atom. The van der Waals surface area contributed by atoms with Gasteiger partial charge in [0.05, 0.1) is 5.41 Å². The minimum absolute atomic E-state index is 0.107. The fourth-order valence-corrected chi connectivity index (χ4v) is 6.88. The number of piperidine rings is 1. The van der Waals surface area contributed by atoms with Crippen LogP contribution in [0.2, 0.25) is 0 Å². The lowest BCUT2D eigenvalue weighted by Crippen LogP contribution is -2.50. The van der Waals surface area contributed by atoms with Crippen LogP contribution in [-0.2, 0) is 15.6 Å². The zero-order valence-corrected chi connectivity index (χ0v) is 23.0. The van der Waals surface area contributed by atoms with Gasteiger partial charge >= 0.3 is 0 Å². The molecule has 2 saturated heterocycles. The fraction of sp³-hybridized carbons (Fsp3) is 0.314. The van der Waals surface area contributed by atoms with Crippen LogP contribution in [0, 0.1) is 0 Å². The van der Waals surface area contributed by atoms with Crippen molar-refractivity contribution in [2.75, 3.05) is 32.7 Å². The summed E-state index contributed by atoms with van der Waals surface area (Å²) < 4.78 is 0. The van der Waals surface area contributed by atoms with E-state index in [2.05, 4.69) is 47.4 Å². The number of rotatable bonds is 7. The van der Waals surface area contributed by atoms with Crippen LogP contribution >= 0.6 is 0 Å². The summed E-state index contributed by atoms with van der Waals surface area (Å²) in [5.41, 5.74) is 8.36. The summed E-state index contributed by atoms with van der Waals surface area (Å²) in [5, 5.41) is 2.47. The molecule has 0 saturated carbocycles. The van der Waals surface area contributed by atoms with Gasteiger partial charge in [0.25, 0.3) is 5.91 Å². The Bertz CT molecular complexity index is 1500. The Morgan fingerprint density at radius 1 is 0.700 bits per heavy atom. The predicted octanol–water partition coefficient (Wildman–Crippen LogP) is 5.53. The lowest BCUT2D eigenvalue weighted by Gasteiger charge is -2.41. The van der Waals surface area contributed by atoms with Gasteiger partial charge in [0.1, 0.15) is 0 Å². The summed E-state index contributed by atoms with van der Waals surface area (Å²) in [4.78, 5) is 30.6. The molecule has 0 spiro atoms. The van der Waals surface area contributed by atoms with Crippen LogP contribution in [0.5, 0.6) is 0 Å². The van der Waals surface area contributed by atoms with Crippen molar-refractivity contribution in [1.29, 1.82) is 0 Å². The molecule has 2 heterocycles. The quantitative estimate of drug-likeness (QED) is 0.341. The number of fused-ring (bicyclic) bond motifs is 1. The Hall–Kier alpha value is -3.96. The van der Waals surface area contributed by atoms with Gasteiger partial charge in [-0.05, 0) is 79.3 Å². The van der Waals surface area contributed by atoms with E-state index in [1.165, 1.54) is 16.3 Å². The zero-order valence-electron chi connectivity index (χ0n) is 23.0. The molecule has 6 rings (SSSR count). The third-order valence-electron chi connectivity index (χ3n) is 9.44. The van der Waals surface area contributed by atoms with Crippen molar-refractivity contribution in [3.05, 3.63) is 120 Å². The van der Waals surface area contributed by atoms with Crippen LogP contribution in [0.15, 0.2) is 103 Å². The molecule has 1 atom stereocenters. The molecule has 40 heavy (non-hydrogen) atoms. The number of nitrogens with two attached hydrogens (primary N) is 1. The van der Waals surface area contributed by atoms with Gasteiger partial charge in [-0.15, -0.1) is 0 Å². The van der Waals surface area contributed by atoms with Crippen LogP contribution in [0.3, 0.4) is 0 Å².